The number of anilines is 1. The van der Waals surface area contributed by atoms with E-state index in [9.17, 15) is 18.0 Å². The van der Waals surface area contributed by atoms with E-state index >= 15 is 0 Å². The van der Waals surface area contributed by atoms with Crippen LogP contribution in [-0.2, 0) is 11.0 Å². The van der Waals surface area contributed by atoms with E-state index in [4.69, 9.17) is 4.74 Å². The molecule has 3 aromatic carbocycles. The van der Waals surface area contributed by atoms with Crippen LogP contribution >= 0.6 is 11.8 Å². The van der Waals surface area contributed by atoms with E-state index in [1.807, 2.05) is 30.3 Å². The number of thioether (sulfide) groups is 1. The van der Waals surface area contributed by atoms with Crippen molar-refractivity contribution < 1.29 is 22.7 Å². The molecule has 10 heteroatoms. The Bertz CT molecular complexity index is 1260. The van der Waals surface area contributed by atoms with Crippen LogP contribution in [0.3, 0.4) is 0 Å². The zero-order valence-electron chi connectivity index (χ0n) is 17.9. The fourth-order valence-electron chi connectivity index (χ4n) is 3.10. The number of hydrogen-bond donors (Lipinski definition) is 1. The van der Waals surface area contributed by atoms with Gasteiger partial charge in [0, 0.05) is 16.1 Å². The molecule has 6 nitrogen and oxygen atoms in total. The van der Waals surface area contributed by atoms with Crippen molar-refractivity contribution in [2.75, 3.05) is 18.2 Å². The molecule has 34 heavy (non-hydrogen) atoms. The van der Waals surface area contributed by atoms with Crippen LogP contribution in [0, 0.1) is 0 Å². The third-order valence-electron chi connectivity index (χ3n) is 4.75. The first-order valence-electron chi connectivity index (χ1n) is 10.1. The summed E-state index contributed by atoms with van der Waals surface area (Å²) in [6.45, 7) is 0. The minimum atomic E-state index is -4.43. The first kappa shape index (κ1) is 23.4. The van der Waals surface area contributed by atoms with Crippen LogP contribution < -0.4 is 10.1 Å². The fraction of sp³-hybridized carbons (Fsp3) is 0.125. The summed E-state index contributed by atoms with van der Waals surface area (Å²) in [5, 5.41) is 7.11. The Kier molecular flexibility index (Phi) is 6.87. The topological polar surface area (TPSA) is 69.0 Å². The van der Waals surface area contributed by atoms with Crippen molar-refractivity contribution >= 4 is 23.4 Å². The number of rotatable bonds is 7. The molecule has 174 valence electrons. The molecule has 1 amide bonds. The van der Waals surface area contributed by atoms with Crippen LogP contribution in [0.4, 0.5) is 18.9 Å². The number of carbonyl (C=O) groups excluding carboxylic acids is 1. The van der Waals surface area contributed by atoms with Gasteiger partial charge in [-0.2, -0.15) is 18.2 Å². The van der Waals surface area contributed by atoms with E-state index in [1.54, 1.807) is 24.3 Å². The summed E-state index contributed by atoms with van der Waals surface area (Å²) in [4.78, 5) is 17.5. The number of hydrogen-bond acceptors (Lipinski definition) is 5. The van der Waals surface area contributed by atoms with Gasteiger partial charge in [0.2, 0.25) is 5.91 Å². The average Bonchev–Trinajstić information content (AvgIpc) is 3.28. The number of alkyl halides is 3. The Morgan fingerprint density at radius 1 is 1.00 bits per heavy atom. The van der Waals surface area contributed by atoms with Crippen LogP contribution in [0.5, 0.6) is 6.01 Å². The summed E-state index contributed by atoms with van der Waals surface area (Å²) in [5.41, 5.74) is 0.895. The molecule has 0 aliphatic heterocycles. The summed E-state index contributed by atoms with van der Waals surface area (Å²) in [6, 6.07) is 21.2. The molecule has 0 spiro atoms. The fourth-order valence-corrected chi connectivity index (χ4v) is 3.82. The Morgan fingerprint density at radius 3 is 2.29 bits per heavy atom. The lowest BCUT2D eigenvalue weighted by Crippen LogP contribution is -2.14. The minimum absolute atomic E-state index is 0.0743. The molecule has 0 aliphatic rings. The molecule has 0 aliphatic carbocycles. The summed E-state index contributed by atoms with van der Waals surface area (Å²) < 4.78 is 45.3. The second kappa shape index (κ2) is 10.0. The maximum absolute atomic E-state index is 12.9. The number of methoxy groups -OCH3 is 1. The maximum atomic E-state index is 12.9. The van der Waals surface area contributed by atoms with Gasteiger partial charge in [-0.15, -0.1) is 16.9 Å². The first-order valence-corrected chi connectivity index (χ1v) is 11.1. The minimum Gasteiger partial charge on any atom is -0.466 e. The summed E-state index contributed by atoms with van der Waals surface area (Å²) in [7, 11) is 1.41. The third kappa shape index (κ3) is 5.57. The number of carbonyl (C=O) groups is 1. The molecule has 0 atom stereocenters. The molecule has 0 saturated heterocycles. The number of nitrogens with zero attached hydrogens (tertiary/aromatic N) is 3. The molecule has 4 aromatic rings. The predicted molar refractivity (Wildman–Crippen MR) is 124 cm³/mol. The molecule has 0 fully saturated rings. The monoisotopic (exact) mass is 484 g/mol. The van der Waals surface area contributed by atoms with Crippen molar-refractivity contribution in [1.82, 2.24) is 14.8 Å². The molecular weight excluding hydrogens is 465 g/mol. The van der Waals surface area contributed by atoms with Crippen LogP contribution in [0.2, 0.25) is 0 Å². The van der Waals surface area contributed by atoms with Gasteiger partial charge >= 0.3 is 12.2 Å². The van der Waals surface area contributed by atoms with Crippen molar-refractivity contribution in [3.63, 3.8) is 0 Å². The number of ether oxygens (including phenoxy) is 1. The van der Waals surface area contributed by atoms with Gasteiger partial charge in [0.05, 0.1) is 24.1 Å². The zero-order chi connectivity index (χ0) is 24.1. The number of benzene rings is 3. The Labute approximate surface area is 197 Å². The van der Waals surface area contributed by atoms with Crippen molar-refractivity contribution in [2.24, 2.45) is 0 Å². The van der Waals surface area contributed by atoms with Gasteiger partial charge in [-0.25, -0.2) is 4.68 Å². The number of amides is 1. The van der Waals surface area contributed by atoms with Crippen LogP contribution in [0.25, 0.3) is 17.1 Å². The SMILES string of the molecule is COc1nc(-c2ccc(C(F)(F)F)cc2)n(-c2ccc(NC(=O)CSc3ccccc3)cc2)n1. The van der Waals surface area contributed by atoms with Crippen molar-refractivity contribution in [2.45, 2.75) is 11.1 Å². The molecule has 4 rings (SSSR count). The van der Waals surface area contributed by atoms with Gasteiger partial charge < -0.3 is 10.1 Å². The predicted octanol–water partition coefficient (Wildman–Crippen LogP) is 5.69. The molecule has 0 bridgehead atoms. The van der Waals surface area contributed by atoms with E-state index in [1.165, 1.54) is 35.7 Å². The third-order valence-corrected chi connectivity index (χ3v) is 5.76. The van der Waals surface area contributed by atoms with Gasteiger partial charge in [-0.05, 0) is 48.5 Å². The summed E-state index contributed by atoms with van der Waals surface area (Å²) >= 11 is 1.44. The Morgan fingerprint density at radius 2 is 1.68 bits per heavy atom. The van der Waals surface area contributed by atoms with Gasteiger partial charge in [0.25, 0.3) is 0 Å². The van der Waals surface area contributed by atoms with E-state index in [-0.39, 0.29) is 17.7 Å². The lowest BCUT2D eigenvalue weighted by Gasteiger charge is -2.10. The first-order chi connectivity index (χ1) is 16.3. The van der Waals surface area contributed by atoms with Crippen LogP contribution in [0.1, 0.15) is 5.56 Å². The highest BCUT2D eigenvalue weighted by Crippen LogP contribution is 2.31. The Balaban J connectivity index is 1.50. The molecule has 1 heterocycles. The van der Waals surface area contributed by atoms with Crippen molar-refractivity contribution in [3.8, 4) is 23.1 Å². The smallest absolute Gasteiger partial charge is 0.416 e. The van der Waals surface area contributed by atoms with Gasteiger partial charge in [-0.3, -0.25) is 4.79 Å². The zero-order valence-corrected chi connectivity index (χ0v) is 18.7. The summed E-state index contributed by atoms with van der Waals surface area (Å²) in [6.07, 6.45) is -4.43. The maximum Gasteiger partial charge on any atom is 0.416 e. The molecule has 1 aromatic heterocycles. The molecule has 1 N–H and O–H groups in total. The Hall–Kier alpha value is -3.79. The second-order valence-electron chi connectivity index (χ2n) is 7.11. The van der Waals surface area contributed by atoms with Crippen LogP contribution in [-0.4, -0.2) is 33.5 Å². The molecule has 0 unspecified atom stereocenters. The normalized spacial score (nSPS) is 11.3. The largest absolute Gasteiger partial charge is 0.466 e. The lowest BCUT2D eigenvalue weighted by molar-refractivity contribution is -0.137. The van der Waals surface area contributed by atoms with Gasteiger partial charge in [0.1, 0.15) is 0 Å². The summed E-state index contributed by atoms with van der Waals surface area (Å²) in [5.74, 6) is 0.445. The van der Waals surface area contributed by atoms with E-state index in [0.29, 0.717) is 22.8 Å². The quantitative estimate of drug-likeness (QED) is 0.341. The molecular formula is C24H19F3N4O2S. The van der Waals surface area contributed by atoms with Crippen molar-refractivity contribution in [1.29, 1.82) is 0 Å². The van der Waals surface area contributed by atoms with E-state index in [2.05, 4.69) is 15.4 Å². The second-order valence-corrected chi connectivity index (χ2v) is 8.15. The van der Waals surface area contributed by atoms with Gasteiger partial charge in [0.15, 0.2) is 5.82 Å². The van der Waals surface area contributed by atoms with Crippen LogP contribution in [0.15, 0.2) is 83.8 Å². The highest BCUT2D eigenvalue weighted by molar-refractivity contribution is 8.00. The highest BCUT2D eigenvalue weighted by atomic mass is 32.2. The number of aromatic nitrogens is 3. The molecule has 0 saturated carbocycles. The molecule has 0 radical (unpaired) electrons. The standard InChI is InChI=1S/C24H19F3N4O2S/c1-33-23-29-22(16-7-9-17(10-8-16)24(25,26)27)31(30-23)19-13-11-18(12-14-19)28-21(32)15-34-20-5-3-2-4-6-20/h2-14H,15H2,1H3,(H,28,32). The van der Waals surface area contributed by atoms with E-state index in [0.717, 1.165) is 17.0 Å². The van der Waals surface area contributed by atoms with Gasteiger partial charge in [-0.1, -0.05) is 30.3 Å². The van der Waals surface area contributed by atoms with E-state index < -0.39 is 11.7 Å². The average molecular weight is 485 g/mol. The number of nitrogens with one attached hydrogen (secondary N) is 1. The highest BCUT2D eigenvalue weighted by Gasteiger charge is 2.30. The lowest BCUT2D eigenvalue weighted by atomic mass is 10.1. The van der Waals surface area contributed by atoms with Crippen molar-refractivity contribution in [3.05, 3.63) is 84.4 Å². The number of halogens is 3.